The van der Waals surface area contributed by atoms with E-state index in [0.29, 0.717) is 31.3 Å². The molecule has 0 fully saturated rings. The van der Waals surface area contributed by atoms with Gasteiger partial charge < -0.3 is 24.1 Å². The normalized spacial score (nSPS) is 12.3. The highest BCUT2D eigenvalue weighted by molar-refractivity contribution is 5.64. The van der Waals surface area contributed by atoms with Crippen LogP contribution in [0.25, 0.3) is 0 Å². The quantitative estimate of drug-likeness (QED) is 0.324. The molecule has 1 atom stereocenters. The van der Waals surface area contributed by atoms with Crippen molar-refractivity contribution in [3.05, 3.63) is 54.1 Å². The summed E-state index contributed by atoms with van der Waals surface area (Å²) in [7, 11) is 0. The van der Waals surface area contributed by atoms with Crippen molar-refractivity contribution < 1.29 is 28.8 Å². The van der Waals surface area contributed by atoms with Gasteiger partial charge in [0.1, 0.15) is 22.8 Å². The number of phenols is 1. The minimum absolute atomic E-state index is 0.107. The van der Waals surface area contributed by atoms with E-state index in [9.17, 15) is 9.90 Å². The molecule has 0 amide bonds. The lowest BCUT2D eigenvalue weighted by Crippen LogP contribution is -2.30. The molecule has 6 nitrogen and oxygen atoms in total. The Morgan fingerprint density at radius 2 is 1.68 bits per heavy atom. The van der Waals surface area contributed by atoms with Crippen LogP contribution in [-0.2, 0) is 16.1 Å². The van der Waals surface area contributed by atoms with E-state index in [2.05, 4.69) is 13.8 Å². The standard InChI is InChI=1S/C25H34O6/c1-5-16-29-22-10-6-20(7-11-22)18-28-17-19(2)14-15-25(3,4)31-24(27)30-23-12-8-21(26)9-13-23/h6-13,19,26H,5,14-18H2,1-4H3. The van der Waals surface area contributed by atoms with Crippen molar-refractivity contribution in [2.75, 3.05) is 13.2 Å². The van der Waals surface area contributed by atoms with E-state index in [1.165, 1.54) is 24.3 Å². The summed E-state index contributed by atoms with van der Waals surface area (Å²) in [6.07, 6.45) is 1.77. The van der Waals surface area contributed by atoms with E-state index in [4.69, 9.17) is 18.9 Å². The minimum atomic E-state index is -0.758. The largest absolute Gasteiger partial charge is 0.514 e. The Labute approximate surface area is 185 Å². The highest BCUT2D eigenvalue weighted by Crippen LogP contribution is 2.23. The monoisotopic (exact) mass is 430 g/mol. The summed E-state index contributed by atoms with van der Waals surface area (Å²) in [5, 5.41) is 9.28. The highest BCUT2D eigenvalue weighted by Gasteiger charge is 2.25. The van der Waals surface area contributed by atoms with Gasteiger partial charge >= 0.3 is 6.16 Å². The second-order valence-electron chi connectivity index (χ2n) is 8.36. The lowest BCUT2D eigenvalue weighted by molar-refractivity contribution is -0.00240. The van der Waals surface area contributed by atoms with Crippen LogP contribution in [0.4, 0.5) is 4.79 Å². The molecule has 1 unspecified atom stereocenters. The van der Waals surface area contributed by atoms with Crippen LogP contribution in [0.15, 0.2) is 48.5 Å². The molecule has 2 aromatic carbocycles. The summed E-state index contributed by atoms with van der Waals surface area (Å²) < 4.78 is 22.0. The van der Waals surface area contributed by atoms with Gasteiger partial charge in [-0.15, -0.1) is 0 Å². The molecule has 170 valence electrons. The van der Waals surface area contributed by atoms with Crippen molar-refractivity contribution in [2.24, 2.45) is 5.92 Å². The summed E-state index contributed by atoms with van der Waals surface area (Å²) >= 11 is 0. The number of benzene rings is 2. The number of hydrogen-bond donors (Lipinski definition) is 1. The number of rotatable bonds is 12. The molecule has 2 aromatic rings. The minimum Gasteiger partial charge on any atom is -0.508 e. The van der Waals surface area contributed by atoms with Gasteiger partial charge in [0.15, 0.2) is 0 Å². The van der Waals surface area contributed by atoms with E-state index in [-0.39, 0.29) is 5.75 Å². The van der Waals surface area contributed by atoms with Crippen LogP contribution in [0.1, 0.15) is 52.5 Å². The lowest BCUT2D eigenvalue weighted by Gasteiger charge is -2.26. The molecule has 0 aromatic heterocycles. The second-order valence-corrected chi connectivity index (χ2v) is 8.36. The van der Waals surface area contributed by atoms with Crippen molar-refractivity contribution >= 4 is 6.16 Å². The summed E-state index contributed by atoms with van der Waals surface area (Å²) in [4.78, 5) is 12.0. The van der Waals surface area contributed by atoms with Crippen LogP contribution in [0.3, 0.4) is 0 Å². The van der Waals surface area contributed by atoms with Crippen LogP contribution in [0, 0.1) is 5.92 Å². The molecule has 0 saturated heterocycles. The average Bonchev–Trinajstić information content (AvgIpc) is 2.73. The molecule has 0 heterocycles. The van der Waals surface area contributed by atoms with Crippen molar-refractivity contribution in [1.29, 1.82) is 0 Å². The molecule has 0 saturated carbocycles. The first kappa shape index (κ1) is 24.5. The molecular weight excluding hydrogens is 396 g/mol. The second kappa shape index (κ2) is 12.2. The molecule has 0 bridgehead atoms. The third-order valence-corrected chi connectivity index (χ3v) is 4.70. The molecule has 0 radical (unpaired) electrons. The lowest BCUT2D eigenvalue weighted by atomic mass is 9.96. The SMILES string of the molecule is CCCOc1ccc(COCC(C)CCC(C)(C)OC(=O)Oc2ccc(O)cc2)cc1. The number of hydrogen-bond acceptors (Lipinski definition) is 6. The number of aromatic hydroxyl groups is 1. The maximum Gasteiger partial charge on any atom is 0.514 e. The summed E-state index contributed by atoms with van der Waals surface area (Å²) in [5.41, 5.74) is 0.452. The molecule has 0 aliphatic carbocycles. The first-order valence-corrected chi connectivity index (χ1v) is 10.8. The van der Waals surface area contributed by atoms with Gasteiger partial charge in [-0.25, -0.2) is 4.79 Å². The van der Waals surface area contributed by atoms with Crippen molar-refractivity contribution in [3.8, 4) is 17.2 Å². The topological polar surface area (TPSA) is 74.2 Å². The Hall–Kier alpha value is -2.73. The van der Waals surface area contributed by atoms with Gasteiger partial charge in [0.25, 0.3) is 0 Å². The first-order valence-electron chi connectivity index (χ1n) is 10.8. The van der Waals surface area contributed by atoms with Crippen molar-refractivity contribution in [2.45, 2.75) is 59.2 Å². The predicted molar refractivity (Wildman–Crippen MR) is 120 cm³/mol. The fourth-order valence-electron chi connectivity index (χ4n) is 2.86. The van der Waals surface area contributed by atoms with E-state index in [0.717, 1.165) is 30.8 Å². The zero-order valence-electron chi connectivity index (χ0n) is 18.9. The van der Waals surface area contributed by atoms with Crippen molar-refractivity contribution in [1.82, 2.24) is 0 Å². The smallest absolute Gasteiger partial charge is 0.508 e. The van der Waals surface area contributed by atoms with Crippen LogP contribution >= 0.6 is 0 Å². The third kappa shape index (κ3) is 9.75. The Bertz CT molecular complexity index is 783. The van der Waals surface area contributed by atoms with Gasteiger partial charge in [-0.3, -0.25) is 0 Å². The maximum atomic E-state index is 12.0. The zero-order valence-corrected chi connectivity index (χ0v) is 18.9. The van der Waals surface area contributed by atoms with Crippen LogP contribution in [-0.4, -0.2) is 30.1 Å². The van der Waals surface area contributed by atoms with Gasteiger partial charge in [-0.05, 0) is 81.0 Å². The van der Waals surface area contributed by atoms with E-state index in [1.807, 2.05) is 38.1 Å². The molecule has 0 aliphatic rings. The third-order valence-electron chi connectivity index (χ3n) is 4.70. The predicted octanol–water partition coefficient (Wildman–Crippen LogP) is 6.11. The zero-order chi connectivity index (χ0) is 22.7. The van der Waals surface area contributed by atoms with Gasteiger partial charge in [0.05, 0.1) is 13.2 Å². The van der Waals surface area contributed by atoms with Gasteiger partial charge in [0.2, 0.25) is 0 Å². The molecule has 1 N–H and O–H groups in total. The molecule has 6 heteroatoms. The molecule has 0 spiro atoms. The van der Waals surface area contributed by atoms with E-state index >= 15 is 0 Å². The van der Waals surface area contributed by atoms with Crippen LogP contribution in [0.5, 0.6) is 17.2 Å². The highest BCUT2D eigenvalue weighted by atomic mass is 16.7. The number of ether oxygens (including phenoxy) is 4. The molecule has 0 aliphatic heterocycles. The Morgan fingerprint density at radius 1 is 1.03 bits per heavy atom. The van der Waals surface area contributed by atoms with Crippen LogP contribution in [0.2, 0.25) is 0 Å². The average molecular weight is 431 g/mol. The first-order chi connectivity index (χ1) is 14.8. The van der Waals surface area contributed by atoms with Gasteiger partial charge in [-0.2, -0.15) is 0 Å². The molecular formula is C25H34O6. The summed E-state index contributed by atoms with van der Waals surface area (Å²) in [5.74, 6) is 1.63. The number of phenolic OH excluding ortho intramolecular Hbond substituents is 1. The Kier molecular flexibility index (Phi) is 9.66. The van der Waals surface area contributed by atoms with Gasteiger partial charge in [0, 0.05) is 6.61 Å². The van der Waals surface area contributed by atoms with Crippen LogP contribution < -0.4 is 9.47 Å². The Morgan fingerprint density at radius 3 is 2.32 bits per heavy atom. The van der Waals surface area contributed by atoms with Gasteiger partial charge in [-0.1, -0.05) is 26.0 Å². The fourth-order valence-corrected chi connectivity index (χ4v) is 2.86. The Balaban J connectivity index is 1.66. The van der Waals surface area contributed by atoms with E-state index in [1.54, 1.807) is 0 Å². The molecule has 31 heavy (non-hydrogen) atoms. The van der Waals surface area contributed by atoms with E-state index < -0.39 is 11.8 Å². The molecule has 2 rings (SSSR count). The van der Waals surface area contributed by atoms with Crippen molar-refractivity contribution in [3.63, 3.8) is 0 Å². The number of carbonyl (C=O) groups excluding carboxylic acids is 1. The summed E-state index contributed by atoms with van der Waals surface area (Å²) in [6, 6.07) is 13.9. The number of carbonyl (C=O) groups is 1. The summed E-state index contributed by atoms with van der Waals surface area (Å²) in [6.45, 7) is 9.83. The maximum absolute atomic E-state index is 12.0. The fraction of sp³-hybridized carbons (Fsp3) is 0.480.